The van der Waals surface area contributed by atoms with E-state index >= 15 is 0 Å². The number of amides is 1. The second-order valence-electron chi connectivity index (χ2n) is 5.76. The van der Waals surface area contributed by atoms with Gasteiger partial charge in [-0.3, -0.25) is 4.79 Å². The highest BCUT2D eigenvalue weighted by molar-refractivity contribution is 7.13. The van der Waals surface area contributed by atoms with Gasteiger partial charge < -0.3 is 9.80 Å². The van der Waals surface area contributed by atoms with E-state index in [1.807, 2.05) is 25.9 Å². The number of rotatable bonds is 3. The number of hydrogen-bond acceptors (Lipinski definition) is 4. The molecule has 1 atom stereocenters. The van der Waals surface area contributed by atoms with Gasteiger partial charge in [0.25, 0.3) is 5.91 Å². The third-order valence-corrected chi connectivity index (χ3v) is 4.56. The molecule has 0 saturated carbocycles. The normalized spacial score (nSPS) is 20.1. The van der Waals surface area contributed by atoms with Crippen molar-refractivity contribution in [1.29, 1.82) is 0 Å². The minimum absolute atomic E-state index is 0.173. The summed E-state index contributed by atoms with van der Waals surface area (Å²) >= 11 is 1.55. The first-order valence-electron chi connectivity index (χ1n) is 6.87. The lowest BCUT2D eigenvalue weighted by molar-refractivity contribution is 0.0687. The second kappa shape index (κ2) is 6.01. The molecule has 2 heterocycles. The molecule has 0 aromatic carbocycles. The van der Waals surface area contributed by atoms with Gasteiger partial charge in [-0.25, -0.2) is 4.98 Å². The van der Waals surface area contributed by atoms with E-state index in [1.54, 1.807) is 11.3 Å². The molecule has 5 heteroatoms. The molecular formula is C14H23N3OS. The first-order chi connectivity index (χ1) is 8.97. The van der Waals surface area contributed by atoms with Crippen LogP contribution in [0.15, 0.2) is 0 Å². The summed E-state index contributed by atoms with van der Waals surface area (Å²) in [4.78, 5) is 22.0. The van der Waals surface area contributed by atoms with Crippen molar-refractivity contribution in [1.82, 2.24) is 14.8 Å². The number of thiazole rings is 1. The summed E-state index contributed by atoms with van der Waals surface area (Å²) < 4.78 is 0. The van der Waals surface area contributed by atoms with Crippen molar-refractivity contribution >= 4 is 17.2 Å². The molecule has 1 fully saturated rings. The van der Waals surface area contributed by atoms with E-state index < -0.39 is 0 Å². The molecule has 0 spiro atoms. The Kier molecular flexibility index (Phi) is 4.58. The number of carbonyl (C=O) groups is 1. The van der Waals surface area contributed by atoms with E-state index in [4.69, 9.17) is 0 Å². The maximum absolute atomic E-state index is 12.5. The lowest BCUT2D eigenvalue weighted by Crippen LogP contribution is -2.39. The summed E-state index contributed by atoms with van der Waals surface area (Å²) in [5.41, 5.74) is 0.880. The molecule has 1 aromatic heterocycles. The molecule has 0 radical (unpaired) electrons. The first kappa shape index (κ1) is 14.5. The van der Waals surface area contributed by atoms with Gasteiger partial charge >= 0.3 is 0 Å². The average Bonchev–Trinajstić information content (AvgIpc) is 2.68. The summed E-state index contributed by atoms with van der Waals surface area (Å²) in [6.45, 7) is 6.74. The molecular weight excluding hydrogens is 258 g/mol. The lowest BCUT2D eigenvalue weighted by Gasteiger charge is -2.30. The van der Waals surface area contributed by atoms with E-state index in [2.05, 4.69) is 16.8 Å². The number of carbonyl (C=O) groups excluding carboxylic acids is 1. The van der Waals surface area contributed by atoms with Gasteiger partial charge in [0.2, 0.25) is 0 Å². The fraction of sp³-hybridized carbons (Fsp3) is 0.714. The van der Waals surface area contributed by atoms with E-state index in [0.717, 1.165) is 41.6 Å². The Labute approximate surface area is 119 Å². The number of aromatic nitrogens is 1. The fourth-order valence-corrected chi connectivity index (χ4v) is 3.66. The zero-order valence-corrected chi connectivity index (χ0v) is 13.1. The van der Waals surface area contributed by atoms with Crippen LogP contribution >= 0.6 is 11.3 Å². The highest BCUT2D eigenvalue weighted by Gasteiger charge is 2.25. The van der Waals surface area contributed by atoms with Crippen LogP contribution in [0.25, 0.3) is 0 Å². The predicted octanol–water partition coefficient (Wildman–Crippen LogP) is 2.39. The van der Waals surface area contributed by atoms with Crippen LogP contribution in [0, 0.1) is 12.8 Å². The molecule has 1 amide bonds. The Morgan fingerprint density at radius 3 is 2.89 bits per heavy atom. The third-order valence-electron chi connectivity index (χ3n) is 3.43. The Hall–Kier alpha value is -0.940. The number of likely N-dealkylation sites (tertiary alicyclic amines) is 1. The quantitative estimate of drug-likeness (QED) is 0.853. The largest absolute Gasteiger partial charge is 0.338 e. The number of nitrogens with zero attached hydrogens (tertiary/aromatic N) is 3. The summed E-state index contributed by atoms with van der Waals surface area (Å²) in [5.74, 6) is 0.790. The van der Waals surface area contributed by atoms with Crippen molar-refractivity contribution in [2.24, 2.45) is 5.92 Å². The van der Waals surface area contributed by atoms with Crippen molar-refractivity contribution in [3.05, 3.63) is 15.6 Å². The third kappa shape index (κ3) is 3.54. The Bertz CT molecular complexity index is 456. The molecule has 19 heavy (non-hydrogen) atoms. The van der Waals surface area contributed by atoms with E-state index in [-0.39, 0.29) is 5.91 Å². The summed E-state index contributed by atoms with van der Waals surface area (Å²) in [6.07, 6.45) is 2.35. The van der Waals surface area contributed by atoms with Gasteiger partial charge in [0.15, 0.2) is 0 Å². The van der Waals surface area contributed by atoms with Crippen molar-refractivity contribution < 1.29 is 4.79 Å². The Balaban J connectivity index is 2.12. The molecule has 106 valence electrons. The molecule has 2 rings (SSSR count). The van der Waals surface area contributed by atoms with Crippen molar-refractivity contribution in [3.8, 4) is 0 Å². The molecule has 1 unspecified atom stereocenters. The van der Waals surface area contributed by atoms with Gasteiger partial charge in [0.1, 0.15) is 9.88 Å². The predicted molar refractivity (Wildman–Crippen MR) is 78.5 cm³/mol. The first-order valence-corrected chi connectivity index (χ1v) is 7.69. The maximum atomic E-state index is 12.5. The Morgan fingerprint density at radius 2 is 2.26 bits per heavy atom. The van der Waals surface area contributed by atoms with E-state index in [0.29, 0.717) is 5.92 Å². The molecule has 4 nitrogen and oxygen atoms in total. The van der Waals surface area contributed by atoms with Crippen LogP contribution in [0.2, 0.25) is 0 Å². The van der Waals surface area contributed by atoms with Gasteiger partial charge in [-0.05, 0) is 39.8 Å². The van der Waals surface area contributed by atoms with Gasteiger partial charge in [0, 0.05) is 19.6 Å². The van der Waals surface area contributed by atoms with E-state index in [1.165, 1.54) is 6.42 Å². The molecule has 0 N–H and O–H groups in total. The minimum atomic E-state index is 0.173. The topological polar surface area (TPSA) is 36.4 Å². The van der Waals surface area contributed by atoms with Crippen molar-refractivity contribution in [2.45, 2.75) is 33.2 Å². The molecule has 0 aliphatic carbocycles. The maximum Gasteiger partial charge on any atom is 0.265 e. The van der Waals surface area contributed by atoms with Crippen LogP contribution in [-0.4, -0.2) is 47.9 Å². The number of hydrogen-bond donors (Lipinski definition) is 0. The number of piperidine rings is 1. The highest BCUT2D eigenvalue weighted by Crippen LogP contribution is 2.24. The smallest absolute Gasteiger partial charge is 0.265 e. The van der Waals surface area contributed by atoms with Gasteiger partial charge in [-0.2, -0.15) is 0 Å². The van der Waals surface area contributed by atoms with Crippen LogP contribution < -0.4 is 0 Å². The van der Waals surface area contributed by atoms with Crippen molar-refractivity contribution in [3.63, 3.8) is 0 Å². The van der Waals surface area contributed by atoms with Gasteiger partial charge in [0.05, 0.1) is 5.69 Å². The monoisotopic (exact) mass is 281 g/mol. The molecule has 1 saturated heterocycles. The molecule has 1 aliphatic rings. The van der Waals surface area contributed by atoms with E-state index in [9.17, 15) is 4.79 Å². The number of aryl methyl sites for hydroxylation is 1. The highest BCUT2D eigenvalue weighted by atomic mass is 32.1. The van der Waals surface area contributed by atoms with Gasteiger partial charge in [-0.15, -0.1) is 11.3 Å². The zero-order chi connectivity index (χ0) is 14.0. The van der Waals surface area contributed by atoms with Crippen LogP contribution in [0.1, 0.15) is 40.1 Å². The zero-order valence-electron chi connectivity index (χ0n) is 12.3. The van der Waals surface area contributed by atoms with Gasteiger partial charge in [-0.1, -0.05) is 6.92 Å². The molecule has 1 aromatic rings. The fourth-order valence-electron chi connectivity index (χ4n) is 2.51. The SMILES string of the molecule is Cc1nc(CN(C)C)sc1C(=O)N1CCCC(C)C1. The summed E-state index contributed by atoms with van der Waals surface area (Å²) in [5, 5.41) is 1.02. The van der Waals surface area contributed by atoms with Crippen molar-refractivity contribution in [2.75, 3.05) is 27.2 Å². The average molecular weight is 281 g/mol. The molecule has 0 bridgehead atoms. The second-order valence-corrected chi connectivity index (χ2v) is 6.84. The van der Waals surface area contributed by atoms with Crippen LogP contribution in [-0.2, 0) is 6.54 Å². The molecule has 1 aliphatic heterocycles. The van der Waals surface area contributed by atoms with Crippen LogP contribution in [0.5, 0.6) is 0 Å². The van der Waals surface area contributed by atoms with Crippen LogP contribution in [0.3, 0.4) is 0 Å². The summed E-state index contributed by atoms with van der Waals surface area (Å²) in [7, 11) is 4.04. The van der Waals surface area contributed by atoms with Crippen LogP contribution in [0.4, 0.5) is 0 Å². The summed E-state index contributed by atoms with van der Waals surface area (Å²) in [6, 6.07) is 0. The minimum Gasteiger partial charge on any atom is -0.338 e. The Morgan fingerprint density at radius 1 is 1.53 bits per heavy atom. The lowest BCUT2D eigenvalue weighted by atomic mass is 10.0. The standard InChI is InChI=1S/C14H23N3OS/c1-10-6-5-7-17(8-10)14(18)13-11(2)15-12(19-13)9-16(3)4/h10H,5-9H2,1-4H3.